The first kappa shape index (κ1) is 21.7. The van der Waals surface area contributed by atoms with Gasteiger partial charge in [-0.25, -0.2) is 4.39 Å². The van der Waals surface area contributed by atoms with Crippen LogP contribution in [0.15, 0.2) is 11.6 Å². The normalized spacial score (nSPS) is 52.6. The minimum absolute atomic E-state index is 0.0162. The molecule has 0 aromatic heterocycles. The molecule has 0 amide bonds. The van der Waals surface area contributed by atoms with Gasteiger partial charge in [-0.3, -0.25) is 9.59 Å². The molecule has 31 heavy (non-hydrogen) atoms. The van der Waals surface area contributed by atoms with Gasteiger partial charge in [0.15, 0.2) is 23.0 Å². The van der Waals surface area contributed by atoms with Gasteiger partial charge in [0.2, 0.25) is 0 Å². The Morgan fingerprint density at radius 1 is 1.23 bits per heavy atom. The fourth-order valence-electron chi connectivity index (χ4n) is 8.43. The van der Waals surface area contributed by atoms with Crippen molar-refractivity contribution in [3.8, 4) is 0 Å². The first-order chi connectivity index (χ1) is 14.4. The van der Waals surface area contributed by atoms with Gasteiger partial charge in [-0.2, -0.15) is 0 Å². The lowest BCUT2D eigenvalue weighted by Gasteiger charge is -2.63. The van der Waals surface area contributed by atoms with Gasteiger partial charge in [-0.1, -0.05) is 26.3 Å². The third-order valence-electron chi connectivity index (χ3n) is 9.77. The average molecular weight is 435 g/mol. The van der Waals surface area contributed by atoms with Crippen molar-refractivity contribution < 1.29 is 28.6 Å². The van der Waals surface area contributed by atoms with Gasteiger partial charge in [0.05, 0.1) is 12.2 Å². The number of alkyl halides is 1. The number of aliphatic hydroxyl groups excluding tert-OH is 1. The lowest BCUT2D eigenvalue weighted by atomic mass is 9.43. The van der Waals surface area contributed by atoms with Crippen LogP contribution >= 0.6 is 0 Å². The molecule has 0 radical (unpaired) electrons. The van der Waals surface area contributed by atoms with E-state index >= 15 is 4.39 Å². The zero-order valence-electron chi connectivity index (χ0n) is 19.3. The van der Waals surface area contributed by atoms with Crippen LogP contribution in [0.25, 0.3) is 0 Å². The van der Waals surface area contributed by atoms with Crippen molar-refractivity contribution in [3.05, 3.63) is 11.6 Å². The number of rotatable bonds is 2. The Balaban J connectivity index is 1.63. The van der Waals surface area contributed by atoms with Crippen LogP contribution in [0.5, 0.6) is 0 Å². The van der Waals surface area contributed by atoms with E-state index in [2.05, 4.69) is 0 Å². The van der Waals surface area contributed by atoms with Crippen LogP contribution in [0.3, 0.4) is 0 Å². The summed E-state index contributed by atoms with van der Waals surface area (Å²) in [5.74, 6) is -1.39. The summed E-state index contributed by atoms with van der Waals surface area (Å²) in [7, 11) is 0. The number of hydrogen-bond donors (Lipinski definition) is 1. The van der Waals surface area contributed by atoms with E-state index in [1.807, 2.05) is 34.6 Å². The molecule has 1 aliphatic heterocycles. The largest absolute Gasteiger partial charge is 0.390 e. The number of fused-ring (bicyclic) bond motifs is 7. The van der Waals surface area contributed by atoms with E-state index in [0.29, 0.717) is 38.5 Å². The lowest BCUT2D eigenvalue weighted by Crippen LogP contribution is -2.70. The Morgan fingerprint density at radius 3 is 2.61 bits per heavy atom. The highest BCUT2D eigenvalue weighted by Crippen LogP contribution is 2.72. The molecule has 0 bridgehead atoms. The number of halogens is 1. The monoisotopic (exact) mass is 434 g/mol. The molecule has 1 saturated heterocycles. The second-order valence-corrected chi connectivity index (χ2v) is 11.5. The molecule has 0 aromatic carbocycles. The Hall–Kier alpha value is -1.11. The third-order valence-corrected chi connectivity index (χ3v) is 9.77. The number of aliphatic hydroxyl groups is 1. The highest BCUT2D eigenvalue weighted by molar-refractivity contribution is 5.92. The SMILES string of the molecule is CCC(=O)[C@@]12OC(C)(C)O[C@@H]1C[C@H]1[C@@H]3CCC4=CC(=O)CC[C@]4(C)[C@@]3(F)[C@@H](O)C[C@@]12C. The summed E-state index contributed by atoms with van der Waals surface area (Å²) in [5.41, 5.74) is -3.70. The highest BCUT2D eigenvalue weighted by atomic mass is 19.1. The number of ketones is 2. The summed E-state index contributed by atoms with van der Waals surface area (Å²) < 4.78 is 29.9. The van der Waals surface area contributed by atoms with Crippen LogP contribution in [0.4, 0.5) is 4.39 Å². The van der Waals surface area contributed by atoms with Crippen molar-refractivity contribution in [3.63, 3.8) is 0 Å². The van der Waals surface area contributed by atoms with E-state index in [4.69, 9.17) is 9.47 Å². The van der Waals surface area contributed by atoms with Crippen LogP contribution in [-0.2, 0) is 19.1 Å². The van der Waals surface area contributed by atoms with Gasteiger partial charge < -0.3 is 14.6 Å². The number of hydrogen-bond acceptors (Lipinski definition) is 5. The summed E-state index contributed by atoms with van der Waals surface area (Å²) in [6.45, 7) is 9.38. The second-order valence-electron chi connectivity index (χ2n) is 11.5. The number of carbonyl (C=O) groups excluding carboxylic acids is 2. The zero-order chi connectivity index (χ0) is 22.6. The van der Waals surface area contributed by atoms with E-state index in [-0.39, 0.29) is 23.9 Å². The van der Waals surface area contributed by atoms with Crippen LogP contribution in [-0.4, -0.2) is 45.9 Å². The van der Waals surface area contributed by atoms with Crippen molar-refractivity contribution in [2.75, 3.05) is 0 Å². The molecule has 1 N–H and O–H groups in total. The van der Waals surface area contributed by atoms with Gasteiger partial charge in [0.1, 0.15) is 5.67 Å². The van der Waals surface area contributed by atoms with E-state index in [0.717, 1.165) is 5.57 Å². The Kier molecular flexibility index (Phi) is 4.39. The predicted molar refractivity (Wildman–Crippen MR) is 112 cm³/mol. The van der Waals surface area contributed by atoms with Gasteiger partial charge in [0.25, 0.3) is 0 Å². The molecule has 4 fully saturated rings. The first-order valence-corrected chi connectivity index (χ1v) is 11.9. The summed E-state index contributed by atoms with van der Waals surface area (Å²) >= 11 is 0. The number of ether oxygens (including phenoxy) is 2. The van der Waals surface area contributed by atoms with Gasteiger partial charge >= 0.3 is 0 Å². The van der Waals surface area contributed by atoms with Crippen LogP contribution < -0.4 is 0 Å². The average Bonchev–Trinajstić information content (AvgIpc) is 3.09. The Labute approximate surface area is 183 Å². The molecule has 4 aliphatic carbocycles. The van der Waals surface area contributed by atoms with Gasteiger partial charge in [-0.05, 0) is 57.9 Å². The van der Waals surface area contributed by atoms with Crippen molar-refractivity contribution in [2.24, 2.45) is 22.7 Å². The molecule has 0 aromatic rings. The molecule has 3 saturated carbocycles. The quantitative estimate of drug-likeness (QED) is 0.710. The Morgan fingerprint density at radius 2 is 1.94 bits per heavy atom. The van der Waals surface area contributed by atoms with Crippen molar-refractivity contribution in [1.29, 1.82) is 0 Å². The minimum atomic E-state index is -1.83. The molecule has 172 valence electrons. The first-order valence-electron chi connectivity index (χ1n) is 11.9. The summed E-state index contributed by atoms with van der Waals surface area (Å²) in [6, 6.07) is 0. The smallest absolute Gasteiger partial charge is 0.167 e. The molecular formula is C25H35FO5. The maximum absolute atomic E-state index is 17.2. The van der Waals surface area contributed by atoms with Gasteiger partial charge in [-0.15, -0.1) is 0 Å². The topological polar surface area (TPSA) is 72.8 Å². The minimum Gasteiger partial charge on any atom is -0.390 e. The predicted octanol–water partition coefficient (Wildman–Crippen LogP) is 4.06. The maximum Gasteiger partial charge on any atom is 0.167 e. The number of allylic oxidation sites excluding steroid dienone is 1. The standard InChI is InChI=1S/C25H35FO5/c1-6-18(28)25-20(30-21(2,3)31-25)12-17-16-8-7-14-11-15(27)9-10-22(14,4)24(16,26)19(29)13-23(17,25)5/h11,16-17,19-20,29H,6-10,12-13H2,1-5H3/t16-,17-,19-,20+,22-,23-,24-,25+/m0/s1. The van der Waals surface area contributed by atoms with E-state index in [9.17, 15) is 14.7 Å². The molecule has 5 rings (SSSR count). The molecule has 0 spiro atoms. The van der Waals surface area contributed by atoms with Gasteiger partial charge in [0, 0.05) is 29.6 Å². The molecule has 6 heteroatoms. The molecule has 5 nitrogen and oxygen atoms in total. The van der Waals surface area contributed by atoms with Crippen molar-refractivity contribution in [1.82, 2.24) is 0 Å². The van der Waals surface area contributed by atoms with Crippen LogP contribution in [0.1, 0.15) is 79.6 Å². The summed E-state index contributed by atoms with van der Waals surface area (Å²) in [5, 5.41) is 11.5. The highest BCUT2D eigenvalue weighted by Gasteiger charge is 2.79. The van der Waals surface area contributed by atoms with E-state index in [1.165, 1.54) is 0 Å². The third kappa shape index (κ3) is 2.37. The van der Waals surface area contributed by atoms with E-state index < -0.39 is 46.0 Å². The molecule has 8 atom stereocenters. The zero-order valence-corrected chi connectivity index (χ0v) is 19.3. The maximum atomic E-state index is 17.2. The molecule has 0 unspecified atom stereocenters. The summed E-state index contributed by atoms with van der Waals surface area (Å²) in [4.78, 5) is 25.5. The van der Waals surface area contributed by atoms with Crippen molar-refractivity contribution >= 4 is 11.6 Å². The number of carbonyl (C=O) groups is 2. The fourth-order valence-corrected chi connectivity index (χ4v) is 8.43. The Bertz CT molecular complexity index is 881. The molecule has 5 aliphatic rings. The molecular weight excluding hydrogens is 399 g/mol. The van der Waals surface area contributed by atoms with Crippen molar-refractivity contribution in [2.45, 2.75) is 109 Å². The van der Waals surface area contributed by atoms with E-state index in [1.54, 1.807) is 6.08 Å². The fraction of sp³-hybridized carbons (Fsp3) is 0.840. The second kappa shape index (κ2) is 6.27. The molecule has 1 heterocycles. The van der Waals surface area contributed by atoms with Crippen LogP contribution in [0.2, 0.25) is 0 Å². The summed E-state index contributed by atoms with van der Waals surface area (Å²) in [6.07, 6.45) is 2.95. The van der Waals surface area contributed by atoms with Crippen LogP contribution in [0, 0.1) is 22.7 Å². The number of Topliss-reactive ketones (excluding diaryl/α,β-unsaturated/α-hetero) is 1. The lowest BCUT2D eigenvalue weighted by molar-refractivity contribution is -0.251.